The molecule has 0 spiro atoms. The van der Waals surface area contributed by atoms with Crippen molar-refractivity contribution in [3.63, 3.8) is 0 Å². The van der Waals surface area contributed by atoms with Crippen LogP contribution in [0.25, 0.3) is 10.8 Å². The molecule has 0 amide bonds. The van der Waals surface area contributed by atoms with Crippen LogP contribution in [0.15, 0.2) is 47.4 Å². The third kappa shape index (κ3) is 5.74. The van der Waals surface area contributed by atoms with Crippen molar-refractivity contribution in [2.75, 3.05) is 5.75 Å². The second-order valence-electron chi connectivity index (χ2n) is 5.80. The van der Waals surface area contributed by atoms with Gasteiger partial charge < -0.3 is 0 Å². The van der Waals surface area contributed by atoms with Crippen LogP contribution in [0.1, 0.15) is 58.3 Å². The van der Waals surface area contributed by atoms with Crippen LogP contribution in [0, 0.1) is 0 Å². The number of unbranched alkanes of at least 4 members (excludes halogenated alkanes) is 7. The number of benzene rings is 2. The lowest BCUT2D eigenvalue weighted by molar-refractivity contribution is 0.586. The van der Waals surface area contributed by atoms with E-state index >= 15 is 0 Å². The van der Waals surface area contributed by atoms with Gasteiger partial charge in [-0.3, -0.25) is 0 Å². The molecule has 2 rings (SSSR count). The number of thioether (sulfide) groups is 1. The van der Waals surface area contributed by atoms with Gasteiger partial charge in [0, 0.05) is 4.90 Å². The lowest BCUT2D eigenvalue weighted by atomic mass is 10.1. The molecule has 0 saturated heterocycles. The normalized spacial score (nSPS) is 11.1. The van der Waals surface area contributed by atoms with Gasteiger partial charge in [0.25, 0.3) is 0 Å². The first kappa shape index (κ1) is 16.4. The fourth-order valence-corrected chi connectivity index (χ4v) is 3.82. The molecule has 0 aromatic heterocycles. The molecular weight excluding hydrogens is 272 g/mol. The minimum Gasteiger partial charge on any atom is -0.126 e. The molecule has 0 radical (unpaired) electrons. The highest BCUT2D eigenvalue weighted by atomic mass is 32.2. The summed E-state index contributed by atoms with van der Waals surface area (Å²) in [6.07, 6.45) is 11.2. The van der Waals surface area contributed by atoms with E-state index in [2.05, 4.69) is 49.4 Å². The van der Waals surface area contributed by atoms with E-state index in [1.165, 1.54) is 72.8 Å². The predicted molar refractivity (Wildman–Crippen MR) is 97.3 cm³/mol. The lowest BCUT2D eigenvalue weighted by Gasteiger charge is -2.06. The summed E-state index contributed by atoms with van der Waals surface area (Å²) >= 11 is 2.02. The number of rotatable bonds is 10. The van der Waals surface area contributed by atoms with E-state index in [9.17, 15) is 0 Å². The van der Waals surface area contributed by atoms with Crippen molar-refractivity contribution in [1.29, 1.82) is 0 Å². The first-order valence-corrected chi connectivity index (χ1v) is 9.51. The zero-order valence-electron chi connectivity index (χ0n) is 13.3. The Labute approximate surface area is 134 Å². The molecule has 114 valence electrons. The van der Waals surface area contributed by atoms with Gasteiger partial charge in [-0.15, -0.1) is 11.8 Å². The van der Waals surface area contributed by atoms with Crippen LogP contribution in [0.5, 0.6) is 0 Å². The molecule has 0 heterocycles. The topological polar surface area (TPSA) is 0 Å². The maximum atomic E-state index is 2.28. The molecule has 0 nitrogen and oxygen atoms in total. The molecule has 2 aromatic rings. The van der Waals surface area contributed by atoms with E-state index in [-0.39, 0.29) is 0 Å². The van der Waals surface area contributed by atoms with Gasteiger partial charge in [-0.2, -0.15) is 0 Å². The molecule has 0 atom stereocenters. The van der Waals surface area contributed by atoms with Gasteiger partial charge in [0.15, 0.2) is 0 Å². The van der Waals surface area contributed by atoms with Gasteiger partial charge in [0.2, 0.25) is 0 Å². The maximum absolute atomic E-state index is 2.28. The smallest absolute Gasteiger partial charge is 0.0150 e. The van der Waals surface area contributed by atoms with E-state index in [4.69, 9.17) is 0 Å². The Morgan fingerprint density at radius 2 is 1.38 bits per heavy atom. The highest BCUT2D eigenvalue weighted by Gasteiger charge is 2.00. The van der Waals surface area contributed by atoms with Crippen LogP contribution in [0.4, 0.5) is 0 Å². The van der Waals surface area contributed by atoms with Gasteiger partial charge >= 0.3 is 0 Å². The van der Waals surface area contributed by atoms with E-state index < -0.39 is 0 Å². The van der Waals surface area contributed by atoms with Crippen molar-refractivity contribution in [1.82, 2.24) is 0 Å². The van der Waals surface area contributed by atoms with Gasteiger partial charge in [-0.1, -0.05) is 88.3 Å². The minimum absolute atomic E-state index is 1.25. The minimum atomic E-state index is 1.25. The molecule has 0 saturated carbocycles. The number of hydrogen-bond donors (Lipinski definition) is 0. The van der Waals surface area contributed by atoms with Crippen molar-refractivity contribution < 1.29 is 0 Å². The average molecular weight is 301 g/mol. The SMILES string of the molecule is CCCCCCCCCCSc1cccc2ccccc12. The standard InChI is InChI=1S/C20H28S/c1-2-3-4-5-6-7-8-11-17-21-20-16-12-14-18-13-9-10-15-19(18)20/h9-10,12-16H,2-8,11,17H2,1H3. The molecule has 0 aliphatic heterocycles. The van der Waals surface area contributed by atoms with Crippen molar-refractivity contribution in [3.8, 4) is 0 Å². The molecule has 0 bridgehead atoms. The Morgan fingerprint density at radius 3 is 2.19 bits per heavy atom. The molecule has 0 unspecified atom stereocenters. The summed E-state index contributed by atoms with van der Waals surface area (Å²) < 4.78 is 0. The molecule has 1 heteroatoms. The second-order valence-corrected chi connectivity index (χ2v) is 6.94. The van der Waals surface area contributed by atoms with E-state index in [0.717, 1.165) is 0 Å². The summed E-state index contributed by atoms with van der Waals surface area (Å²) in [6.45, 7) is 2.28. The summed E-state index contributed by atoms with van der Waals surface area (Å²) in [6, 6.07) is 15.4. The van der Waals surface area contributed by atoms with Gasteiger partial charge in [-0.25, -0.2) is 0 Å². The monoisotopic (exact) mass is 300 g/mol. The van der Waals surface area contributed by atoms with Crippen LogP contribution in [0.3, 0.4) is 0 Å². The first-order valence-electron chi connectivity index (χ1n) is 8.52. The molecular formula is C20H28S. The zero-order chi connectivity index (χ0) is 14.8. The summed E-state index contributed by atoms with van der Waals surface area (Å²) in [7, 11) is 0. The third-order valence-electron chi connectivity index (χ3n) is 4.01. The van der Waals surface area contributed by atoms with E-state index in [1.807, 2.05) is 11.8 Å². The quantitative estimate of drug-likeness (QED) is 0.334. The second kappa shape index (κ2) is 9.89. The van der Waals surface area contributed by atoms with Gasteiger partial charge in [0.05, 0.1) is 0 Å². The third-order valence-corrected chi connectivity index (χ3v) is 5.16. The highest BCUT2D eigenvalue weighted by Crippen LogP contribution is 2.28. The Morgan fingerprint density at radius 1 is 0.714 bits per heavy atom. The lowest BCUT2D eigenvalue weighted by Crippen LogP contribution is -1.84. The molecule has 0 aliphatic rings. The highest BCUT2D eigenvalue weighted by molar-refractivity contribution is 7.99. The van der Waals surface area contributed by atoms with Crippen molar-refractivity contribution in [2.45, 2.75) is 63.2 Å². The van der Waals surface area contributed by atoms with E-state index in [1.54, 1.807) is 0 Å². The van der Waals surface area contributed by atoms with Crippen LogP contribution < -0.4 is 0 Å². The first-order chi connectivity index (χ1) is 10.4. The van der Waals surface area contributed by atoms with Gasteiger partial charge in [-0.05, 0) is 29.0 Å². The Bertz CT molecular complexity index is 513. The zero-order valence-corrected chi connectivity index (χ0v) is 14.1. The Balaban J connectivity index is 1.64. The van der Waals surface area contributed by atoms with Crippen LogP contribution in [0.2, 0.25) is 0 Å². The van der Waals surface area contributed by atoms with Crippen molar-refractivity contribution >= 4 is 22.5 Å². The molecule has 2 aromatic carbocycles. The Hall–Kier alpha value is -0.950. The average Bonchev–Trinajstić information content (AvgIpc) is 2.53. The van der Waals surface area contributed by atoms with Crippen LogP contribution in [-0.4, -0.2) is 5.75 Å². The fourth-order valence-electron chi connectivity index (χ4n) is 2.74. The summed E-state index contributed by atoms with van der Waals surface area (Å²) in [5.74, 6) is 1.25. The summed E-state index contributed by atoms with van der Waals surface area (Å²) in [4.78, 5) is 1.44. The predicted octanol–water partition coefficient (Wildman–Crippen LogP) is 7.07. The molecule has 0 fully saturated rings. The molecule has 21 heavy (non-hydrogen) atoms. The fraction of sp³-hybridized carbons (Fsp3) is 0.500. The van der Waals surface area contributed by atoms with E-state index in [0.29, 0.717) is 0 Å². The summed E-state index contributed by atoms with van der Waals surface area (Å²) in [5, 5.41) is 2.77. The largest absolute Gasteiger partial charge is 0.126 e. The number of hydrogen-bond acceptors (Lipinski definition) is 1. The molecule has 0 N–H and O–H groups in total. The van der Waals surface area contributed by atoms with Crippen molar-refractivity contribution in [3.05, 3.63) is 42.5 Å². The maximum Gasteiger partial charge on any atom is 0.0150 e. The molecule has 0 aliphatic carbocycles. The van der Waals surface area contributed by atoms with Crippen LogP contribution in [-0.2, 0) is 0 Å². The number of fused-ring (bicyclic) bond motifs is 1. The van der Waals surface area contributed by atoms with Crippen LogP contribution >= 0.6 is 11.8 Å². The van der Waals surface area contributed by atoms with Crippen molar-refractivity contribution in [2.24, 2.45) is 0 Å². The summed E-state index contributed by atoms with van der Waals surface area (Å²) in [5.41, 5.74) is 0. The van der Waals surface area contributed by atoms with Gasteiger partial charge in [0.1, 0.15) is 0 Å². The Kier molecular flexibility index (Phi) is 7.73.